The summed E-state index contributed by atoms with van der Waals surface area (Å²) < 4.78 is 38.6. The molecule has 2 aromatic carbocycles. The molecule has 1 saturated heterocycles. The first kappa shape index (κ1) is 37.8. The number of esters is 4. The fourth-order valence-corrected chi connectivity index (χ4v) is 5.78. The van der Waals surface area contributed by atoms with Gasteiger partial charge in [-0.2, -0.15) is 0 Å². The molecule has 1 heterocycles. The van der Waals surface area contributed by atoms with Crippen molar-refractivity contribution in [3.63, 3.8) is 0 Å². The molecule has 2 amide bonds. The Morgan fingerprint density at radius 3 is 1.86 bits per heavy atom. The van der Waals surface area contributed by atoms with Gasteiger partial charge in [-0.15, -0.1) is 0 Å². The van der Waals surface area contributed by atoms with E-state index in [-0.39, 0.29) is 19.1 Å². The quantitative estimate of drug-likeness (QED) is 0.186. The number of hydrogen-bond donors (Lipinski definition) is 3. The number of aliphatic hydroxyl groups is 1. The van der Waals surface area contributed by atoms with Gasteiger partial charge in [-0.3, -0.25) is 24.0 Å². The van der Waals surface area contributed by atoms with Crippen molar-refractivity contribution in [3.8, 4) is 11.1 Å². The second kappa shape index (κ2) is 17.6. The van der Waals surface area contributed by atoms with Gasteiger partial charge in [-0.05, 0) is 22.3 Å². The van der Waals surface area contributed by atoms with Crippen molar-refractivity contribution in [1.82, 2.24) is 10.6 Å². The molecule has 1 unspecified atom stereocenters. The number of carbonyl (C=O) groups excluding carboxylic acids is 6. The molecule has 270 valence electrons. The summed E-state index contributed by atoms with van der Waals surface area (Å²) in [6, 6.07) is 14.1. The number of benzene rings is 2. The number of fused-ring (bicyclic) bond motifs is 3. The first-order valence-corrected chi connectivity index (χ1v) is 15.8. The second-order valence-corrected chi connectivity index (χ2v) is 11.4. The molecule has 0 aromatic heterocycles. The third-order valence-electron chi connectivity index (χ3n) is 7.74. The molecule has 16 heteroatoms. The number of amides is 2. The van der Waals surface area contributed by atoms with Gasteiger partial charge in [0.15, 0.2) is 24.6 Å². The predicted octanol–water partition coefficient (Wildman–Crippen LogP) is 1.10. The van der Waals surface area contributed by atoms with Gasteiger partial charge < -0.3 is 48.9 Å². The van der Waals surface area contributed by atoms with E-state index in [1.54, 1.807) is 0 Å². The number of aliphatic hydroxyl groups excluding tert-OH is 1. The Morgan fingerprint density at radius 2 is 1.30 bits per heavy atom. The Kier molecular flexibility index (Phi) is 13.3. The molecular weight excluding hydrogens is 660 g/mol. The fraction of sp³-hybridized carbons (Fsp3) is 0.471. The summed E-state index contributed by atoms with van der Waals surface area (Å²) in [6.07, 6.45) is -8.32. The molecular formula is C34H40N2O14. The molecule has 4 rings (SSSR count). The monoisotopic (exact) mass is 700 g/mol. The first-order valence-electron chi connectivity index (χ1n) is 15.8. The zero-order chi connectivity index (χ0) is 36.4. The molecule has 1 aliphatic heterocycles. The predicted molar refractivity (Wildman–Crippen MR) is 170 cm³/mol. The topological polar surface area (TPSA) is 211 Å². The highest BCUT2D eigenvalue weighted by atomic mass is 16.7. The third kappa shape index (κ3) is 9.77. The van der Waals surface area contributed by atoms with E-state index in [1.807, 2.05) is 48.5 Å². The number of nitrogens with one attached hydrogen (secondary N) is 2. The summed E-state index contributed by atoms with van der Waals surface area (Å²) in [5.41, 5.74) is 4.00. The van der Waals surface area contributed by atoms with Crippen LogP contribution in [-0.4, -0.2) is 111 Å². The van der Waals surface area contributed by atoms with Crippen LogP contribution in [-0.2, 0) is 57.1 Å². The summed E-state index contributed by atoms with van der Waals surface area (Å²) in [7, 11) is 0. The number of hydrogen-bond acceptors (Lipinski definition) is 14. The van der Waals surface area contributed by atoms with Crippen molar-refractivity contribution >= 4 is 35.9 Å². The number of rotatable bonds is 14. The smallest absolute Gasteiger partial charge is 0.407 e. The molecule has 6 atom stereocenters. The molecule has 2 aromatic rings. The molecule has 0 radical (unpaired) electrons. The number of alkyl carbamates (subject to hydrolysis) is 1. The maximum Gasteiger partial charge on any atom is 0.407 e. The van der Waals surface area contributed by atoms with Crippen LogP contribution in [0.4, 0.5) is 4.79 Å². The van der Waals surface area contributed by atoms with Crippen LogP contribution in [0.25, 0.3) is 11.1 Å². The Bertz CT molecular complexity index is 1520. The van der Waals surface area contributed by atoms with Crippen LogP contribution < -0.4 is 10.6 Å². The van der Waals surface area contributed by atoms with Gasteiger partial charge in [-0.1, -0.05) is 48.5 Å². The van der Waals surface area contributed by atoms with E-state index in [0.717, 1.165) is 49.9 Å². The van der Waals surface area contributed by atoms with Gasteiger partial charge in [-0.25, -0.2) is 4.79 Å². The van der Waals surface area contributed by atoms with Crippen LogP contribution in [0, 0.1) is 0 Å². The zero-order valence-electron chi connectivity index (χ0n) is 28.0. The van der Waals surface area contributed by atoms with Crippen molar-refractivity contribution < 1.29 is 67.0 Å². The molecule has 2 aliphatic rings. The molecule has 0 spiro atoms. The van der Waals surface area contributed by atoms with E-state index in [0.29, 0.717) is 0 Å². The van der Waals surface area contributed by atoms with Crippen LogP contribution in [0.15, 0.2) is 48.5 Å². The summed E-state index contributed by atoms with van der Waals surface area (Å²) in [5.74, 6) is -4.22. The largest absolute Gasteiger partial charge is 0.463 e. The maximum absolute atomic E-state index is 13.1. The van der Waals surface area contributed by atoms with Gasteiger partial charge in [0.2, 0.25) is 5.91 Å². The van der Waals surface area contributed by atoms with Crippen LogP contribution in [0.1, 0.15) is 44.7 Å². The molecule has 16 nitrogen and oxygen atoms in total. The SMILES string of the molecule is CC(=O)OC[C@H]1O[C@@H](OCC(NC(=O)OCC2c3ccccc3-c3ccccc32)C(=O)NCCO)[C@H](OC(C)=O)[C@@H](OC(C)=O)[C@H]1OC(C)=O. The van der Waals surface area contributed by atoms with Crippen molar-refractivity contribution in [2.45, 2.75) is 70.4 Å². The summed E-state index contributed by atoms with van der Waals surface area (Å²) >= 11 is 0. The lowest BCUT2D eigenvalue weighted by Crippen LogP contribution is -2.63. The highest BCUT2D eigenvalue weighted by Gasteiger charge is 2.53. The first-order chi connectivity index (χ1) is 23.9. The average molecular weight is 701 g/mol. The van der Waals surface area contributed by atoms with Gasteiger partial charge >= 0.3 is 30.0 Å². The highest BCUT2D eigenvalue weighted by molar-refractivity contribution is 5.86. The standard InChI is InChI=1S/C34H40N2O14/c1-18(38)44-17-28-29(47-19(2)39)30(48-20(3)40)31(49-21(4)41)33(50-28)45-16-27(32(42)35-13-14-37)36-34(43)46-15-26-24-11-7-5-9-22(24)23-10-6-8-12-25(23)26/h5-12,26-31,33,37H,13-17H2,1-4H3,(H,35,42)(H,36,43)/t27?,28-,29+,30+,31-,33-/m1/s1. The highest BCUT2D eigenvalue weighted by Crippen LogP contribution is 2.44. The van der Waals surface area contributed by atoms with E-state index in [2.05, 4.69) is 10.6 Å². The van der Waals surface area contributed by atoms with Gasteiger partial charge in [0.1, 0.15) is 25.4 Å². The minimum absolute atomic E-state index is 0.0502. The van der Waals surface area contributed by atoms with E-state index in [4.69, 9.17) is 33.2 Å². The Hall–Kier alpha value is -5.06. The molecule has 3 N–H and O–H groups in total. The van der Waals surface area contributed by atoms with Crippen LogP contribution in [0.5, 0.6) is 0 Å². The Balaban J connectivity index is 1.53. The van der Waals surface area contributed by atoms with Gasteiger partial charge in [0, 0.05) is 40.2 Å². The second-order valence-electron chi connectivity index (χ2n) is 11.4. The lowest BCUT2D eigenvalue weighted by Gasteiger charge is -2.44. The number of carbonyl (C=O) groups is 6. The maximum atomic E-state index is 13.1. The molecule has 50 heavy (non-hydrogen) atoms. The Morgan fingerprint density at radius 1 is 0.740 bits per heavy atom. The third-order valence-corrected chi connectivity index (χ3v) is 7.74. The van der Waals surface area contributed by atoms with Crippen LogP contribution in [0.2, 0.25) is 0 Å². The van der Waals surface area contributed by atoms with Crippen molar-refractivity contribution in [2.24, 2.45) is 0 Å². The molecule has 1 aliphatic carbocycles. The Labute approximate surface area is 287 Å². The lowest BCUT2D eigenvalue weighted by molar-refractivity contribution is -0.308. The fourth-order valence-electron chi connectivity index (χ4n) is 5.78. The van der Waals surface area contributed by atoms with E-state index in [9.17, 15) is 33.9 Å². The van der Waals surface area contributed by atoms with E-state index >= 15 is 0 Å². The van der Waals surface area contributed by atoms with Crippen LogP contribution >= 0.6 is 0 Å². The molecule has 1 fully saturated rings. The van der Waals surface area contributed by atoms with Gasteiger partial charge in [0.25, 0.3) is 0 Å². The van der Waals surface area contributed by atoms with Crippen LogP contribution in [0.3, 0.4) is 0 Å². The number of ether oxygens (including phenoxy) is 7. The molecule has 0 saturated carbocycles. The minimum Gasteiger partial charge on any atom is -0.463 e. The molecule has 0 bridgehead atoms. The van der Waals surface area contributed by atoms with Crippen molar-refractivity contribution in [1.29, 1.82) is 0 Å². The van der Waals surface area contributed by atoms with E-state index < -0.39 is 92.4 Å². The van der Waals surface area contributed by atoms with E-state index in [1.165, 1.54) is 0 Å². The normalized spacial score (nSPS) is 21.4. The summed E-state index contributed by atoms with van der Waals surface area (Å²) in [4.78, 5) is 74.1. The summed E-state index contributed by atoms with van der Waals surface area (Å²) in [6.45, 7) is 2.65. The zero-order valence-corrected chi connectivity index (χ0v) is 28.0. The lowest BCUT2D eigenvalue weighted by atomic mass is 9.98. The van der Waals surface area contributed by atoms with Gasteiger partial charge in [0.05, 0.1) is 13.2 Å². The summed E-state index contributed by atoms with van der Waals surface area (Å²) in [5, 5.41) is 14.2. The average Bonchev–Trinajstić information content (AvgIpc) is 3.38. The minimum atomic E-state index is -1.60. The van der Waals surface area contributed by atoms with Crippen molar-refractivity contribution in [3.05, 3.63) is 59.7 Å². The van der Waals surface area contributed by atoms with Crippen molar-refractivity contribution in [2.75, 3.05) is 33.0 Å².